The van der Waals surface area contributed by atoms with Crippen LogP contribution < -0.4 is 0 Å². The number of halogens is 1. The number of thiophene rings is 1. The molecule has 0 bridgehead atoms. The van der Waals surface area contributed by atoms with Gasteiger partial charge in [0.15, 0.2) is 0 Å². The highest BCUT2D eigenvalue weighted by molar-refractivity contribution is 7.10. The van der Waals surface area contributed by atoms with E-state index in [9.17, 15) is 4.39 Å². The third-order valence-electron chi connectivity index (χ3n) is 1.29. The van der Waals surface area contributed by atoms with Crippen molar-refractivity contribution in [2.24, 2.45) is 0 Å². The van der Waals surface area contributed by atoms with E-state index in [-0.39, 0.29) is 12.4 Å². The quantitative estimate of drug-likeness (QED) is 0.702. The fourth-order valence-corrected chi connectivity index (χ4v) is 1.44. The first-order valence-corrected chi connectivity index (χ1v) is 4.68. The minimum atomic E-state index is -0.223. The predicted octanol–water partition coefficient (Wildman–Crippen LogP) is 3.10. The van der Waals surface area contributed by atoms with Gasteiger partial charge in [0, 0.05) is 11.5 Å². The summed E-state index contributed by atoms with van der Waals surface area (Å²) in [5.74, 6) is -0.223. The lowest BCUT2D eigenvalue weighted by atomic mass is 10.4. The standard InChI is InChI=1S/C9H11FOS/c1-2-11-7-8(10)6-9-4-3-5-12-9/h3-6H,2,7H2,1H3. The molecule has 3 heteroatoms. The zero-order valence-electron chi connectivity index (χ0n) is 6.92. The number of hydrogen-bond donors (Lipinski definition) is 0. The zero-order chi connectivity index (χ0) is 8.81. The molecule has 0 aliphatic carbocycles. The molecule has 0 amide bonds. The van der Waals surface area contributed by atoms with E-state index >= 15 is 0 Å². The van der Waals surface area contributed by atoms with Crippen molar-refractivity contribution in [2.45, 2.75) is 6.92 Å². The summed E-state index contributed by atoms with van der Waals surface area (Å²) in [5.41, 5.74) is 0. The van der Waals surface area contributed by atoms with Crippen molar-refractivity contribution in [1.29, 1.82) is 0 Å². The van der Waals surface area contributed by atoms with Gasteiger partial charge in [-0.25, -0.2) is 4.39 Å². The average Bonchev–Trinajstić information content (AvgIpc) is 2.53. The molecule has 12 heavy (non-hydrogen) atoms. The van der Waals surface area contributed by atoms with Crippen LogP contribution in [0.1, 0.15) is 11.8 Å². The molecule has 0 aliphatic heterocycles. The molecule has 0 fully saturated rings. The van der Waals surface area contributed by atoms with Gasteiger partial charge >= 0.3 is 0 Å². The lowest BCUT2D eigenvalue weighted by molar-refractivity contribution is 0.157. The van der Waals surface area contributed by atoms with Crippen LogP contribution in [0.3, 0.4) is 0 Å². The summed E-state index contributed by atoms with van der Waals surface area (Å²) in [6, 6.07) is 3.76. The second-order valence-electron chi connectivity index (χ2n) is 2.24. The molecule has 1 nitrogen and oxygen atoms in total. The van der Waals surface area contributed by atoms with Crippen molar-refractivity contribution < 1.29 is 9.13 Å². The van der Waals surface area contributed by atoms with Gasteiger partial charge in [0.05, 0.1) is 6.61 Å². The Morgan fingerprint density at radius 2 is 2.58 bits per heavy atom. The second kappa shape index (κ2) is 5.06. The van der Waals surface area contributed by atoms with Crippen LogP contribution in [-0.2, 0) is 4.74 Å². The number of rotatable bonds is 4. The highest BCUT2D eigenvalue weighted by atomic mass is 32.1. The molecule has 0 spiro atoms. The van der Waals surface area contributed by atoms with Gasteiger partial charge < -0.3 is 4.74 Å². The second-order valence-corrected chi connectivity index (χ2v) is 3.22. The topological polar surface area (TPSA) is 9.23 Å². The fraction of sp³-hybridized carbons (Fsp3) is 0.333. The van der Waals surface area contributed by atoms with Crippen molar-refractivity contribution in [1.82, 2.24) is 0 Å². The van der Waals surface area contributed by atoms with E-state index in [0.717, 1.165) is 4.88 Å². The molecule has 1 aromatic rings. The molecule has 0 saturated carbocycles. The maximum Gasteiger partial charge on any atom is 0.127 e. The molecular formula is C9H11FOS. The Balaban J connectivity index is 2.46. The summed E-state index contributed by atoms with van der Waals surface area (Å²) in [6.07, 6.45) is 1.50. The largest absolute Gasteiger partial charge is 0.375 e. The maximum atomic E-state index is 12.9. The third kappa shape index (κ3) is 3.15. The molecular weight excluding hydrogens is 175 g/mol. The first-order chi connectivity index (χ1) is 5.83. The summed E-state index contributed by atoms with van der Waals surface area (Å²) in [4.78, 5) is 0.923. The highest BCUT2D eigenvalue weighted by Crippen LogP contribution is 2.13. The minimum Gasteiger partial charge on any atom is -0.375 e. The van der Waals surface area contributed by atoms with Gasteiger partial charge in [-0.2, -0.15) is 0 Å². The van der Waals surface area contributed by atoms with Gasteiger partial charge in [0.2, 0.25) is 0 Å². The van der Waals surface area contributed by atoms with Crippen LogP contribution in [0, 0.1) is 0 Å². The van der Waals surface area contributed by atoms with Gasteiger partial charge in [-0.3, -0.25) is 0 Å². The highest BCUT2D eigenvalue weighted by Gasteiger charge is 1.95. The Labute approximate surface area is 75.5 Å². The third-order valence-corrected chi connectivity index (χ3v) is 2.11. The first kappa shape index (κ1) is 9.42. The molecule has 1 rings (SSSR count). The SMILES string of the molecule is CCOCC(F)=Cc1cccs1. The monoisotopic (exact) mass is 186 g/mol. The van der Waals surface area contributed by atoms with E-state index in [2.05, 4.69) is 0 Å². The lowest BCUT2D eigenvalue weighted by Gasteiger charge is -1.96. The summed E-state index contributed by atoms with van der Waals surface area (Å²) in [6.45, 7) is 2.47. The molecule has 0 aromatic carbocycles. The molecule has 1 heterocycles. The van der Waals surface area contributed by atoms with E-state index < -0.39 is 0 Å². The Bertz CT molecular complexity index is 241. The van der Waals surface area contributed by atoms with Crippen LogP contribution in [0.25, 0.3) is 6.08 Å². The number of ether oxygens (including phenoxy) is 1. The van der Waals surface area contributed by atoms with Gasteiger partial charge in [-0.15, -0.1) is 11.3 Å². The van der Waals surface area contributed by atoms with Crippen LogP contribution in [-0.4, -0.2) is 13.2 Å². The maximum absolute atomic E-state index is 12.9. The normalized spacial score (nSPS) is 12.0. The van der Waals surface area contributed by atoms with Crippen molar-refractivity contribution >= 4 is 17.4 Å². The smallest absolute Gasteiger partial charge is 0.127 e. The molecule has 0 saturated heterocycles. The molecule has 0 radical (unpaired) electrons. The van der Waals surface area contributed by atoms with Crippen LogP contribution in [0.5, 0.6) is 0 Å². The van der Waals surface area contributed by atoms with Gasteiger partial charge in [0.1, 0.15) is 5.83 Å². The first-order valence-electron chi connectivity index (χ1n) is 3.80. The van der Waals surface area contributed by atoms with Crippen LogP contribution in [0.2, 0.25) is 0 Å². The Hall–Kier alpha value is -0.670. The van der Waals surface area contributed by atoms with Gasteiger partial charge in [-0.1, -0.05) is 6.07 Å². The molecule has 66 valence electrons. The van der Waals surface area contributed by atoms with Crippen LogP contribution in [0.15, 0.2) is 23.3 Å². The van der Waals surface area contributed by atoms with Crippen LogP contribution >= 0.6 is 11.3 Å². The average molecular weight is 186 g/mol. The van der Waals surface area contributed by atoms with E-state index in [1.165, 1.54) is 17.4 Å². The van der Waals surface area contributed by atoms with Crippen molar-refractivity contribution in [3.63, 3.8) is 0 Å². The van der Waals surface area contributed by atoms with E-state index in [4.69, 9.17) is 4.74 Å². The summed E-state index contributed by atoms with van der Waals surface area (Å²) < 4.78 is 17.8. The Morgan fingerprint density at radius 1 is 1.75 bits per heavy atom. The Kier molecular flexibility index (Phi) is 3.97. The molecule has 0 N–H and O–H groups in total. The Morgan fingerprint density at radius 3 is 3.17 bits per heavy atom. The van der Waals surface area contributed by atoms with Crippen molar-refractivity contribution in [3.05, 3.63) is 28.2 Å². The zero-order valence-corrected chi connectivity index (χ0v) is 7.73. The minimum absolute atomic E-state index is 0.0778. The summed E-state index contributed by atoms with van der Waals surface area (Å²) in [5, 5.41) is 1.92. The van der Waals surface area contributed by atoms with Crippen molar-refractivity contribution in [3.8, 4) is 0 Å². The van der Waals surface area contributed by atoms with Gasteiger partial charge in [0.25, 0.3) is 0 Å². The summed E-state index contributed by atoms with van der Waals surface area (Å²) in [7, 11) is 0. The molecule has 0 unspecified atom stereocenters. The fourth-order valence-electron chi connectivity index (χ4n) is 0.769. The van der Waals surface area contributed by atoms with E-state index in [1.807, 2.05) is 24.4 Å². The molecule has 0 aliphatic rings. The molecule has 0 atom stereocenters. The predicted molar refractivity (Wildman–Crippen MR) is 49.9 cm³/mol. The van der Waals surface area contributed by atoms with Crippen molar-refractivity contribution in [2.75, 3.05) is 13.2 Å². The summed E-state index contributed by atoms with van der Waals surface area (Å²) >= 11 is 1.51. The molecule has 1 aromatic heterocycles. The van der Waals surface area contributed by atoms with E-state index in [1.54, 1.807) is 0 Å². The number of hydrogen-bond acceptors (Lipinski definition) is 2. The lowest BCUT2D eigenvalue weighted by Crippen LogP contribution is -1.92. The van der Waals surface area contributed by atoms with Crippen LogP contribution in [0.4, 0.5) is 4.39 Å². The van der Waals surface area contributed by atoms with Gasteiger partial charge in [-0.05, 0) is 24.4 Å². The van der Waals surface area contributed by atoms with E-state index in [0.29, 0.717) is 6.61 Å².